The molecule has 0 saturated heterocycles. The van der Waals surface area contributed by atoms with Crippen molar-refractivity contribution in [2.24, 2.45) is 16.9 Å². The van der Waals surface area contributed by atoms with Gasteiger partial charge in [0, 0.05) is 42.2 Å². The lowest BCUT2D eigenvalue weighted by molar-refractivity contribution is -0.384. The van der Waals surface area contributed by atoms with Crippen LogP contribution in [0.4, 0.5) is 11.4 Å². The summed E-state index contributed by atoms with van der Waals surface area (Å²) in [5, 5.41) is 15.2. The van der Waals surface area contributed by atoms with E-state index in [1.54, 1.807) is 6.07 Å². The Bertz CT molecular complexity index is 938. The summed E-state index contributed by atoms with van der Waals surface area (Å²) in [5.74, 6) is 1.37. The maximum absolute atomic E-state index is 12.5. The second kappa shape index (κ2) is 13.0. The highest BCUT2D eigenvalue weighted by Crippen LogP contribution is 2.26. The highest BCUT2D eigenvalue weighted by atomic mass is 32.2. The number of nitro benzene ring substituents is 1. The molecule has 0 bridgehead atoms. The molecule has 0 aliphatic carbocycles. The number of thioether (sulfide) groups is 1. The number of nitro groups is 1. The quantitative estimate of drug-likeness (QED) is 0.252. The third-order valence-corrected chi connectivity index (χ3v) is 6.04. The van der Waals surface area contributed by atoms with Crippen molar-refractivity contribution in [2.75, 3.05) is 18.0 Å². The normalized spacial score (nSPS) is 12.3. The molecule has 33 heavy (non-hydrogen) atoms. The van der Waals surface area contributed by atoms with E-state index in [2.05, 4.69) is 43.1 Å². The molecule has 0 heterocycles. The molecule has 7 nitrogen and oxygen atoms in total. The van der Waals surface area contributed by atoms with Gasteiger partial charge in [-0.05, 0) is 30.4 Å². The van der Waals surface area contributed by atoms with Gasteiger partial charge < -0.3 is 4.90 Å². The van der Waals surface area contributed by atoms with Crippen LogP contribution in [0.15, 0.2) is 53.6 Å². The molecule has 2 aromatic rings. The summed E-state index contributed by atoms with van der Waals surface area (Å²) < 4.78 is 0. The van der Waals surface area contributed by atoms with Gasteiger partial charge in [-0.2, -0.15) is 5.10 Å². The number of rotatable bonds is 12. The fourth-order valence-corrected chi connectivity index (χ4v) is 4.17. The van der Waals surface area contributed by atoms with Crippen LogP contribution in [0.3, 0.4) is 0 Å². The van der Waals surface area contributed by atoms with Crippen LogP contribution in [-0.4, -0.2) is 35.4 Å². The van der Waals surface area contributed by atoms with Gasteiger partial charge in [0.05, 0.1) is 16.4 Å². The number of amides is 1. The summed E-state index contributed by atoms with van der Waals surface area (Å²) >= 11 is 1.53. The van der Waals surface area contributed by atoms with E-state index in [0.29, 0.717) is 17.4 Å². The average Bonchev–Trinajstić information content (AvgIpc) is 2.76. The molecule has 0 aromatic heterocycles. The van der Waals surface area contributed by atoms with Crippen LogP contribution >= 0.6 is 11.8 Å². The second-order valence-corrected chi connectivity index (χ2v) is 10.2. The van der Waals surface area contributed by atoms with Crippen molar-refractivity contribution in [3.05, 3.63) is 69.8 Å². The molecule has 2 rings (SSSR count). The van der Waals surface area contributed by atoms with Crippen LogP contribution in [0.25, 0.3) is 0 Å². The summed E-state index contributed by atoms with van der Waals surface area (Å²) in [6.07, 6.45) is 1.50. The predicted molar refractivity (Wildman–Crippen MR) is 138 cm³/mol. The summed E-state index contributed by atoms with van der Waals surface area (Å²) in [5.41, 5.74) is 5.21. The smallest absolute Gasteiger partial charge is 0.270 e. The number of benzene rings is 2. The summed E-state index contributed by atoms with van der Waals surface area (Å²) in [7, 11) is 0. The van der Waals surface area contributed by atoms with Gasteiger partial charge in [-0.15, -0.1) is 11.8 Å². The van der Waals surface area contributed by atoms with E-state index >= 15 is 0 Å². The third-order valence-electron chi connectivity index (χ3n) is 4.82. The number of non-ortho nitro benzene ring substituents is 1. The van der Waals surface area contributed by atoms with Crippen molar-refractivity contribution in [3.63, 3.8) is 0 Å². The van der Waals surface area contributed by atoms with Gasteiger partial charge in [-0.1, -0.05) is 58.0 Å². The van der Waals surface area contributed by atoms with Crippen LogP contribution < -0.4 is 10.3 Å². The minimum Gasteiger partial charge on any atom is -0.370 e. The molecule has 0 saturated carbocycles. The molecule has 1 amide bonds. The van der Waals surface area contributed by atoms with Crippen LogP contribution in [0.5, 0.6) is 0 Å². The first kappa shape index (κ1) is 26.4. The van der Waals surface area contributed by atoms with E-state index in [-0.39, 0.29) is 16.8 Å². The first-order valence-electron chi connectivity index (χ1n) is 11.2. The number of nitrogens with zero attached hydrogens (tertiary/aromatic N) is 3. The molecule has 1 N–H and O–H groups in total. The van der Waals surface area contributed by atoms with Crippen LogP contribution in [0.1, 0.15) is 45.7 Å². The molecule has 0 fully saturated rings. The lowest BCUT2D eigenvalue weighted by Gasteiger charge is -2.29. The number of carbonyl (C=O) groups excluding carboxylic acids is 1. The number of nitrogens with one attached hydrogen (secondary N) is 1. The molecule has 0 aliphatic heterocycles. The molecule has 0 spiro atoms. The molecule has 1 atom stereocenters. The monoisotopic (exact) mass is 470 g/mol. The van der Waals surface area contributed by atoms with Gasteiger partial charge in [-0.25, -0.2) is 5.43 Å². The third kappa shape index (κ3) is 8.88. The van der Waals surface area contributed by atoms with E-state index in [0.717, 1.165) is 30.1 Å². The number of hydrazone groups is 1. The zero-order chi connectivity index (χ0) is 24.4. The Morgan fingerprint density at radius 2 is 1.73 bits per heavy atom. The van der Waals surface area contributed by atoms with Crippen LogP contribution in [0, 0.1) is 22.0 Å². The van der Waals surface area contributed by atoms with Crippen molar-refractivity contribution < 1.29 is 9.72 Å². The van der Waals surface area contributed by atoms with Crippen molar-refractivity contribution in [1.82, 2.24) is 5.43 Å². The standard InChI is InChI=1S/C25H34N4O3S/c1-18(2)15-28(16-19(3)4)24-12-11-23(29(31)32)13-22(24)14-26-27-25(30)20(5)33-17-21-9-7-6-8-10-21/h6-14,18-20H,15-17H2,1-5H3,(H,27,30)/b26-14-/t20-/m1/s1. The Balaban J connectivity index is 2.14. The van der Waals surface area contributed by atoms with E-state index in [1.807, 2.05) is 37.3 Å². The Morgan fingerprint density at radius 1 is 1.09 bits per heavy atom. The SMILES string of the molecule is CC(C)CN(CC(C)C)c1ccc([N+](=O)[O-])cc1/C=N\NC(=O)[C@@H](C)SCc1ccccc1. The Morgan fingerprint density at radius 3 is 2.30 bits per heavy atom. The predicted octanol–water partition coefficient (Wildman–Crippen LogP) is 5.49. The number of anilines is 1. The molecule has 0 aliphatic rings. The topological polar surface area (TPSA) is 87.8 Å². The van der Waals surface area contributed by atoms with E-state index < -0.39 is 4.92 Å². The van der Waals surface area contributed by atoms with Gasteiger partial charge in [0.15, 0.2) is 0 Å². The number of carbonyl (C=O) groups is 1. The van der Waals surface area contributed by atoms with Gasteiger partial charge in [-0.3, -0.25) is 14.9 Å². The maximum Gasteiger partial charge on any atom is 0.270 e. The lowest BCUT2D eigenvalue weighted by atomic mass is 10.1. The van der Waals surface area contributed by atoms with Crippen LogP contribution in [0.2, 0.25) is 0 Å². The van der Waals surface area contributed by atoms with E-state index in [4.69, 9.17) is 0 Å². The van der Waals surface area contributed by atoms with Crippen molar-refractivity contribution >= 4 is 35.3 Å². The molecular formula is C25H34N4O3S. The molecule has 0 unspecified atom stereocenters. The fraction of sp³-hybridized carbons (Fsp3) is 0.440. The molecule has 178 valence electrons. The van der Waals surface area contributed by atoms with E-state index in [1.165, 1.54) is 30.1 Å². The lowest BCUT2D eigenvalue weighted by Crippen LogP contribution is -2.32. The van der Waals surface area contributed by atoms with E-state index in [9.17, 15) is 14.9 Å². The highest BCUT2D eigenvalue weighted by Gasteiger charge is 2.18. The van der Waals surface area contributed by atoms with Crippen LogP contribution in [-0.2, 0) is 10.5 Å². The Labute approximate surface area is 200 Å². The largest absolute Gasteiger partial charge is 0.370 e. The fourth-order valence-electron chi connectivity index (χ4n) is 3.33. The average molecular weight is 471 g/mol. The van der Waals surface area contributed by atoms with Crippen molar-refractivity contribution in [1.29, 1.82) is 0 Å². The number of hydrogen-bond acceptors (Lipinski definition) is 6. The van der Waals surface area contributed by atoms with Gasteiger partial charge in [0.2, 0.25) is 0 Å². The number of hydrogen-bond donors (Lipinski definition) is 1. The Hall–Kier alpha value is -2.87. The summed E-state index contributed by atoms with van der Waals surface area (Å²) in [6.45, 7) is 12.0. The molecule has 8 heteroatoms. The molecule has 2 aromatic carbocycles. The summed E-state index contributed by atoms with van der Waals surface area (Å²) in [4.78, 5) is 25.6. The highest BCUT2D eigenvalue weighted by molar-refractivity contribution is 7.99. The minimum atomic E-state index is -0.419. The maximum atomic E-state index is 12.5. The summed E-state index contributed by atoms with van der Waals surface area (Å²) in [6, 6.07) is 14.8. The van der Waals surface area contributed by atoms with Gasteiger partial charge in [0.1, 0.15) is 0 Å². The molecular weight excluding hydrogens is 436 g/mol. The van der Waals surface area contributed by atoms with Crippen molar-refractivity contribution in [2.45, 2.75) is 45.6 Å². The Kier molecular flexibility index (Phi) is 10.4. The zero-order valence-electron chi connectivity index (χ0n) is 20.0. The molecule has 0 radical (unpaired) electrons. The first-order chi connectivity index (χ1) is 15.7. The first-order valence-corrected chi connectivity index (χ1v) is 12.2. The van der Waals surface area contributed by atoms with Crippen molar-refractivity contribution in [3.8, 4) is 0 Å². The minimum absolute atomic E-state index is 0.00708. The van der Waals surface area contributed by atoms with Gasteiger partial charge >= 0.3 is 0 Å². The second-order valence-electron chi connectivity index (χ2n) is 8.87. The van der Waals surface area contributed by atoms with Gasteiger partial charge in [0.25, 0.3) is 11.6 Å². The zero-order valence-corrected chi connectivity index (χ0v) is 20.8.